The molecule has 0 unspecified atom stereocenters. The molecule has 4 rings (SSSR count). The molecule has 4 nitrogen and oxygen atoms in total. The molecule has 100 valence electrons. The lowest BCUT2D eigenvalue weighted by Gasteiger charge is -2.20. The molecule has 2 heterocycles. The van der Waals surface area contributed by atoms with Gasteiger partial charge in [-0.05, 0) is 42.2 Å². The number of pyridine rings is 1. The van der Waals surface area contributed by atoms with Crippen LogP contribution in [0.5, 0.6) is 0 Å². The maximum Gasteiger partial charge on any atom is 0.237 e. The second kappa shape index (κ2) is 3.82. The Labute approximate surface area is 117 Å². The van der Waals surface area contributed by atoms with Gasteiger partial charge in [-0.2, -0.15) is 0 Å². The number of rotatable bonds is 1. The highest BCUT2D eigenvalue weighted by Crippen LogP contribution is 2.46. The van der Waals surface area contributed by atoms with Crippen LogP contribution in [0.15, 0.2) is 36.5 Å². The first-order valence-electron chi connectivity index (χ1n) is 6.79. The number of aromatic nitrogens is 1. The minimum Gasteiger partial charge on any atom is -0.388 e. The van der Waals surface area contributed by atoms with Crippen molar-refractivity contribution in [3.8, 4) is 0 Å². The summed E-state index contributed by atoms with van der Waals surface area (Å²) in [5, 5.41) is 6.08. The van der Waals surface area contributed by atoms with Crippen LogP contribution < -0.4 is 10.6 Å². The summed E-state index contributed by atoms with van der Waals surface area (Å²) in [6, 6.07) is 10.3. The molecule has 1 aromatic heterocycles. The van der Waals surface area contributed by atoms with Gasteiger partial charge in [0.2, 0.25) is 5.91 Å². The molecule has 20 heavy (non-hydrogen) atoms. The number of nitrogens with one attached hydrogen (secondary N) is 2. The summed E-state index contributed by atoms with van der Waals surface area (Å²) in [5.74, 6) is 0.799. The molecule has 0 bridgehead atoms. The van der Waals surface area contributed by atoms with Gasteiger partial charge in [0.15, 0.2) is 0 Å². The number of carbonyl (C=O) groups excluding carboxylic acids is 1. The van der Waals surface area contributed by atoms with Crippen LogP contribution >= 0.6 is 0 Å². The minimum atomic E-state index is -0.460. The summed E-state index contributed by atoms with van der Waals surface area (Å²) >= 11 is 0. The molecule has 1 aromatic carbocycles. The van der Waals surface area contributed by atoms with Crippen LogP contribution in [0.25, 0.3) is 0 Å². The predicted octanol–water partition coefficient (Wildman–Crippen LogP) is 2.11. The maximum atomic E-state index is 12.5. The van der Waals surface area contributed by atoms with Gasteiger partial charge in [-0.15, -0.1) is 0 Å². The van der Waals surface area contributed by atoms with Crippen molar-refractivity contribution < 1.29 is 4.79 Å². The average Bonchev–Trinajstić information content (AvgIpc) is 2.98. The third-order valence-corrected chi connectivity index (χ3v) is 4.47. The Morgan fingerprint density at radius 1 is 1.25 bits per heavy atom. The molecule has 0 radical (unpaired) electrons. The van der Waals surface area contributed by atoms with E-state index in [9.17, 15) is 4.79 Å². The predicted molar refractivity (Wildman–Crippen MR) is 77.9 cm³/mol. The molecule has 1 aliphatic carbocycles. The number of hydrogen-bond acceptors (Lipinski definition) is 3. The van der Waals surface area contributed by atoms with E-state index < -0.39 is 5.41 Å². The van der Waals surface area contributed by atoms with Crippen molar-refractivity contribution in [3.63, 3.8) is 0 Å². The lowest BCUT2D eigenvalue weighted by molar-refractivity contribution is -0.120. The van der Waals surface area contributed by atoms with Gasteiger partial charge >= 0.3 is 0 Å². The third-order valence-electron chi connectivity index (χ3n) is 4.47. The molecule has 4 heteroatoms. The van der Waals surface area contributed by atoms with Crippen LogP contribution in [0.4, 0.5) is 11.5 Å². The fraction of sp³-hybridized carbons (Fsp3) is 0.250. The van der Waals surface area contributed by atoms with Crippen LogP contribution in [0.1, 0.15) is 16.7 Å². The number of fused-ring (bicyclic) bond motifs is 3. The van der Waals surface area contributed by atoms with Crippen molar-refractivity contribution in [1.29, 1.82) is 0 Å². The molecular formula is C16H15N3O. The Bertz CT molecular complexity index is 725. The van der Waals surface area contributed by atoms with E-state index in [0.717, 1.165) is 29.9 Å². The number of amides is 1. The molecule has 1 amide bonds. The lowest BCUT2D eigenvalue weighted by atomic mass is 9.79. The zero-order valence-electron chi connectivity index (χ0n) is 11.2. The molecule has 2 N–H and O–H groups in total. The van der Waals surface area contributed by atoms with Crippen molar-refractivity contribution in [1.82, 2.24) is 4.98 Å². The Morgan fingerprint density at radius 2 is 2.10 bits per heavy atom. The highest BCUT2D eigenvalue weighted by atomic mass is 16.2. The maximum absolute atomic E-state index is 12.5. The Morgan fingerprint density at radius 3 is 2.95 bits per heavy atom. The van der Waals surface area contributed by atoms with Crippen LogP contribution in [-0.2, 0) is 23.1 Å². The van der Waals surface area contributed by atoms with E-state index in [-0.39, 0.29) is 5.91 Å². The molecular weight excluding hydrogens is 250 g/mol. The van der Waals surface area contributed by atoms with Gasteiger partial charge in [0.05, 0.1) is 5.41 Å². The first-order chi connectivity index (χ1) is 9.73. The highest BCUT2D eigenvalue weighted by molar-refractivity contribution is 6.06. The molecule has 1 spiro atoms. The van der Waals surface area contributed by atoms with Gasteiger partial charge in [0.1, 0.15) is 5.82 Å². The van der Waals surface area contributed by atoms with Crippen LogP contribution in [0.2, 0.25) is 0 Å². The van der Waals surface area contributed by atoms with Crippen molar-refractivity contribution in [3.05, 3.63) is 53.2 Å². The fourth-order valence-electron chi connectivity index (χ4n) is 3.42. The van der Waals surface area contributed by atoms with Crippen LogP contribution in [-0.4, -0.2) is 17.9 Å². The van der Waals surface area contributed by atoms with Crippen molar-refractivity contribution in [2.45, 2.75) is 18.3 Å². The van der Waals surface area contributed by atoms with E-state index in [0.29, 0.717) is 0 Å². The second-order valence-corrected chi connectivity index (χ2v) is 5.52. The average molecular weight is 265 g/mol. The summed E-state index contributed by atoms with van der Waals surface area (Å²) in [6.45, 7) is 0. The summed E-state index contributed by atoms with van der Waals surface area (Å²) in [7, 11) is 1.91. The normalized spacial score (nSPS) is 22.6. The number of anilines is 2. The number of nitrogens with zero attached hydrogens (tertiary/aromatic N) is 1. The standard InChI is InChI=1S/C16H15N3O/c1-17-12-5-4-10-8-16(9-11(10)7-12)13-3-2-6-18-14(13)19-15(16)20/h2-7,17H,8-9H2,1H3,(H,18,19,20)/t16-/m1/s1. The lowest BCUT2D eigenvalue weighted by Crippen LogP contribution is -2.35. The Balaban J connectivity index is 1.83. The third kappa shape index (κ3) is 1.36. The molecule has 1 aliphatic heterocycles. The minimum absolute atomic E-state index is 0.0772. The quantitative estimate of drug-likeness (QED) is 0.830. The van der Waals surface area contributed by atoms with Gasteiger partial charge in [0, 0.05) is 24.5 Å². The summed E-state index contributed by atoms with van der Waals surface area (Å²) in [5.41, 5.74) is 4.18. The van der Waals surface area contributed by atoms with Crippen molar-refractivity contribution in [2.24, 2.45) is 0 Å². The molecule has 0 saturated heterocycles. The summed E-state index contributed by atoms with van der Waals surface area (Å²) < 4.78 is 0. The van der Waals surface area contributed by atoms with Gasteiger partial charge < -0.3 is 10.6 Å². The highest BCUT2D eigenvalue weighted by Gasteiger charge is 2.50. The summed E-state index contributed by atoms with van der Waals surface area (Å²) in [4.78, 5) is 16.8. The number of carbonyl (C=O) groups is 1. The van der Waals surface area contributed by atoms with Crippen molar-refractivity contribution in [2.75, 3.05) is 17.7 Å². The zero-order chi connectivity index (χ0) is 13.7. The molecule has 0 saturated carbocycles. The van der Waals surface area contributed by atoms with Crippen molar-refractivity contribution >= 4 is 17.4 Å². The largest absolute Gasteiger partial charge is 0.388 e. The van der Waals surface area contributed by atoms with E-state index in [1.165, 1.54) is 11.1 Å². The van der Waals surface area contributed by atoms with Crippen LogP contribution in [0, 0.1) is 0 Å². The fourth-order valence-corrected chi connectivity index (χ4v) is 3.42. The smallest absolute Gasteiger partial charge is 0.237 e. The molecule has 2 aliphatic rings. The number of hydrogen-bond donors (Lipinski definition) is 2. The zero-order valence-corrected chi connectivity index (χ0v) is 11.2. The monoisotopic (exact) mass is 265 g/mol. The van der Waals surface area contributed by atoms with E-state index in [1.807, 2.05) is 19.2 Å². The summed E-state index contributed by atoms with van der Waals surface area (Å²) in [6.07, 6.45) is 3.23. The van der Waals surface area contributed by atoms with E-state index in [1.54, 1.807) is 6.20 Å². The van der Waals surface area contributed by atoms with Gasteiger partial charge in [-0.3, -0.25) is 4.79 Å². The SMILES string of the molecule is CNc1ccc2c(c1)C[C@@]1(C2)C(=O)Nc2ncccc21. The van der Waals surface area contributed by atoms with Gasteiger partial charge in [-0.25, -0.2) is 4.98 Å². The van der Waals surface area contributed by atoms with E-state index >= 15 is 0 Å². The molecule has 1 atom stereocenters. The van der Waals surface area contributed by atoms with Gasteiger partial charge in [-0.1, -0.05) is 12.1 Å². The second-order valence-electron chi connectivity index (χ2n) is 5.52. The Kier molecular flexibility index (Phi) is 2.19. The Hall–Kier alpha value is -2.36. The van der Waals surface area contributed by atoms with Gasteiger partial charge in [0.25, 0.3) is 0 Å². The van der Waals surface area contributed by atoms with E-state index in [2.05, 4.69) is 33.8 Å². The van der Waals surface area contributed by atoms with Crippen LogP contribution in [0.3, 0.4) is 0 Å². The van der Waals surface area contributed by atoms with E-state index in [4.69, 9.17) is 0 Å². The molecule has 0 fully saturated rings. The molecule has 2 aromatic rings. The topological polar surface area (TPSA) is 54.0 Å². The first kappa shape index (κ1) is 11.5. The number of benzene rings is 1. The first-order valence-corrected chi connectivity index (χ1v) is 6.79.